The lowest BCUT2D eigenvalue weighted by Crippen LogP contribution is -2.17. The average molecular weight is 1480 g/mol. The smallest absolute Gasteiger partial charge is 0.0541 e. The second-order valence-electron chi connectivity index (χ2n) is 32.4. The van der Waals surface area contributed by atoms with Crippen LogP contribution in [-0.4, -0.2) is 9.13 Å². The van der Waals surface area contributed by atoms with Crippen LogP contribution in [0.25, 0.3) is 155 Å². The predicted octanol–water partition coefficient (Wildman–Crippen LogP) is 30.6. The van der Waals surface area contributed by atoms with Crippen molar-refractivity contribution in [1.29, 1.82) is 0 Å². The summed E-state index contributed by atoms with van der Waals surface area (Å²) in [4.78, 5) is 4.90. The van der Waals surface area contributed by atoms with Crippen molar-refractivity contribution in [3.63, 3.8) is 0 Å². The van der Waals surface area contributed by atoms with Gasteiger partial charge < -0.3 is 18.9 Å². The standard InChI is InChI=1S/C112H80N4/c1-111(2)102-69-81(79-48-62-108-99(67-79)98-39-22-23-40-106(98)115(108)85-33-16-8-17-34-85)45-56-93(102)95-58-54-89(71-104(95)111)113(87-50-41-75(42-51-87)73-25-10-5-11-26-73)88-52-43-76(44-53-88)77-29-24-30-83(65-77)91-60-64-107(97-38-21-20-37-92(91)97)114(84-31-14-7-15-32-84)90-55-59-96-94-57-46-82(70-103(94)112(3,4)105(96)72-90)80-49-63-110-101(68-80)100-66-78(74-27-12-6-13-28-74)47-61-109(100)116(110)86-35-18-9-19-36-86/h5-72H,1-4H3. The second kappa shape index (κ2) is 27.1. The maximum atomic E-state index is 2.47. The second-order valence-corrected chi connectivity index (χ2v) is 32.4. The molecule has 116 heavy (non-hydrogen) atoms. The number of hydrogen-bond donors (Lipinski definition) is 0. The molecular weight excluding hydrogens is 1400 g/mol. The number of benzene rings is 18. The number of aromatic nitrogens is 2. The molecule has 2 heterocycles. The quantitative estimate of drug-likeness (QED) is 0.108. The molecule has 0 fully saturated rings. The van der Waals surface area contributed by atoms with E-state index in [0.717, 1.165) is 62.2 Å². The lowest BCUT2D eigenvalue weighted by molar-refractivity contribution is 0.660. The van der Waals surface area contributed by atoms with E-state index in [1.165, 1.54) is 149 Å². The Morgan fingerprint density at radius 1 is 0.181 bits per heavy atom. The lowest BCUT2D eigenvalue weighted by Gasteiger charge is -2.29. The monoisotopic (exact) mass is 1480 g/mol. The van der Waals surface area contributed by atoms with E-state index in [-0.39, 0.29) is 10.8 Å². The van der Waals surface area contributed by atoms with Crippen molar-refractivity contribution in [3.8, 4) is 100 Å². The largest absolute Gasteiger partial charge is 0.310 e. The molecule has 0 atom stereocenters. The summed E-state index contributed by atoms with van der Waals surface area (Å²) in [5.74, 6) is 0. The van der Waals surface area contributed by atoms with Gasteiger partial charge in [0.25, 0.3) is 0 Å². The molecule has 548 valence electrons. The Hall–Kier alpha value is -14.6. The first-order valence-electron chi connectivity index (χ1n) is 40.4. The highest BCUT2D eigenvalue weighted by molar-refractivity contribution is 6.13. The highest BCUT2D eigenvalue weighted by Crippen LogP contribution is 2.55. The van der Waals surface area contributed by atoms with Crippen LogP contribution in [0.1, 0.15) is 49.9 Å². The minimum Gasteiger partial charge on any atom is -0.310 e. The van der Waals surface area contributed by atoms with Gasteiger partial charge in [-0.05, 0) is 268 Å². The first-order valence-corrected chi connectivity index (χ1v) is 40.4. The van der Waals surface area contributed by atoms with E-state index < -0.39 is 0 Å². The molecule has 4 heteroatoms. The molecule has 22 rings (SSSR count). The number of rotatable bonds is 14. The fourth-order valence-corrected chi connectivity index (χ4v) is 19.2. The number of fused-ring (bicyclic) bond motifs is 13. The van der Waals surface area contributed by atoms with Gasteiger partial charge in [0.2, 0.25) is 0 Å². The van der Waals surface area contributed by atoms with Crippen LogP contribution in [0.5, 0.6) is 0 Å². The Bertz CT molecular complexity index is 7280. The van der Waals surface area contributed by atoms with Crippen molar-refractivity contribution in [2.24, 2.45) is 0 Å². The van der Waals surface area contributed by atoms with Gasteiger partial charge in [-0.25, -0.2) is 0 Å². The highest BCUT2D eigenvalue weighted by Gasteiger charge is 2.39. The number of para-hydroxylation sites is 4. The summed E-state index contributed by atoms with van der Waals surface area (Å²) >= 11 is 0. The van der Waals surface area contributed by atoms with Crippen molar-refractivity contribution < 1.29 is 0 Å². The van der Waals surface area contributed by atoms with E-state index >= 15 is 0 Å². The van der Waals surface area contributed by atoms with E-state index in [2.05, 4.69) is 459 Å². The topological polar surface area (TPSA) is 16.3 Å². The fraction of sp³-hybridized carbons (Fsp3) is 0.0536. The van der Waals surface area contributed by atoms with Gasteiger partial charge in [-0.1, -0.05) is 289 Å². The summed E-state index contributed by atoms with van der Waals surface area (Å²) < 4.78 is 4.80. The van der Waals surface area contributed by atoms with Crippen LogP contribution in [0.3, 0.4) is 0 Å². The molecule has 0 radical (unpaired) electrons. The zero-order chi connectivity index (χ0) is 77.3. The summed E-state index contributed by atoms with van der Waals surface area (Å²) in [6.07, 6.45) is 0. The molecule has 0 unspecified atom stereocenters. The predicted molar refractivity (Wildman–Crippen MR) is 490 cm³/mol. The minimum absolute atomic E-state index is 0.279. The third kappa shape index (κ3) is 11.2. The van der Waals surface area contributed by atoms with Crippen LogP contribution >= 0.6 is 0 Å². The summed E-state index contributed by atoms with van der Waals surface area (Å²) in [7, 11) is 0. The molecule has 0 spiro atoms. The highest BCUT2D eigenvalue weighted by atomic mass is 15.1. The zero-order valence-electron chi connectivity index (χ0n) is 65.0. The first kappa shape index (κ1) is 68.2. The Morgan fingerprint density at radius 3 is 1.01 bits per heavy atom. The van der Waals surface area contributed by atoms with E-state index in [9.17, 15) is 0 Å². The van der Waals surface area contributed by atoms with Crippen LogP contribution in [0.2, 0.25) is 0 Å². The fourth-order valence-electron chi connectivity index (χ4n) is 19.2. The maximum Gasteiger partial charge on any atom is 0.0541 e. The molecule has 0 saturated carbocycles. The molecule has 0 saturated heterocycles. The Kier molecular flexibility index (Phi) is 15.9. The molecule has 2 aromatic heterocycles. The SMILES string of the molecule is CC1(C)c2cc(-c3ccc4c(c3)c3ccccc3n4-c3ccccc3)ccc2-c2ccc(N(c3ccc(-c4ccccc4)cc3)c3ccc(-c4cccc(-c5ccc(N(c6ccccc6)c6ccc7c(c6)C(C)(C)c6cc(-c8ccc9c(c8)c8cc(-c%10ccccc%10)ccc8n9-c8ccccc8)ccc6-7)c6ccccc56)c4)cc3)cc21. The number of anilines is 6. The molecule has 0 bridgehead atoms. The lowest BCUT2D eigenvalue weighted by atomic mass is 9.81. The summed E-state index contributed by atoms with van der Waals surface area (Å²) in [6.45, 7) is 9.62. The molecule has 2 aliphatic carbocycles. The molecule has 4 nitrogen and oxygen atoms in total. The van der Waals surface area contributed by atoms with Gasteiger partial charge in [-0.3, -0.25) is 0 Å². The van der Waals surface area contributed by atoms with Gasteiger partial charge in [0.1, 0.15) is 0 Å². The molecule has 0 amide bonds. The van der Waals surface area contributed by atoms with Crippen molar-refractivity contribution in [3.05, 3.63) is 435 Å². The van der Waals surface area contributed by atoms with Crippen LogP contribution in [0.4, 0.5) is 34.1 Å². The van der Waals surface area contributed by atoms with Crippen molar-refractivity contribution in [2.75, 3.05) is 9.80 Å². The van der Waals surface area contributed by atoms with Crippen LogP contribution in [-0.2, 0) is 10.8 Å². The van der Waals surface area contributed by atoms with Crippen molar-refractivity contribution >= 4 is 88.5 Å². The molecule has 0 aliphatic heterocycles. The summed E-state index contributed by atoms with van der Waals surface area (Å²) in [6, 6.07) is 153. The molecule has 0 N–H and O–H groups in total. The van der Waals surface area contributed by atoms with Crippen LogP contribution < -0.4 is 9.80 Å². The summed E-state index contributed by atoms with van der Waals surface area (Å²) in [5.41, 5.74) is 37.9. The minimum atomic E-state index is -0.296. The normalized spacial score (nSPS) is 13.0. The van der Waals surface area contributed by atoms with E-state index in [1.54, 1.807) is 0 Å². The average Bonchev–Trinajstić information content (AvgIpc) is 1.57. The Balaban J connectivity index is 0.574. The van der Waals surface area contributed by atoms with Gasteiger partial charge in [0, 0.05) is 77.6 Å². The maximum absolute atomic E-state index is 2.47. The molecule has 18 aromatic carbocycles. The van der Waals surface area contributed by atoms with Crippen LogP contribution in [0.15, 0.2) is 413 Å². The van der Waals surface area contributed by atoms with Gasteiger partial charge in [-0.2, -0.15) is 0 Å². The van der Waals surface area contributed by atoms with Gasteiger partial charge >= 0.3 is 0 Å². The molecule has 20 aromatic rings. The molecule has 2 aliphatic rings. The van der Waals surface area contributed by atoms with E-state index in [1.807, 2.05) is 0 Å². The Labute approximate surface area is 676 Å². The van der Waals surface area contributed by atoms with Crippen molar-refractivity contribution in [1.82, 2.24) is 9.13 Å². The number of nitrogens with zero attached hydrogens (tertiary/aromatic N) is 4. The van der Waals surface area contributed by atoms with Crippen LogP contribution in [0, 0.1) is 0 Å². The van der Waals surface area contributed by atoms with Crippen molar-refractivity contribution in [2.45, 2.75) is 38.5 Å². The van der Waals surface area contributed by atoms with E-state index in [4.69, 9.17) is 0 Å². The number of hydrogen-bond acceptors (Lipinski definition) is 2. The van der Waals surface area contributed by atoms with Gasteiger partial charge in [0.05, 0.1) is 27.8 Å². The van der Waals surface area contributed by atoms with E-state index in [0.29, 0.717) is 0 Å². The van der Waals surface area contributed by atoms with Gasteiger partial charge in [-0.15, -0.1) is 0 Å². The third-order valence-corrected chi connectivity index (χ3v) is 25.1. The first-order chi connectivity index (χ1) is 57.0. The third-order valence-electron chi connectivity index (χ3n) is 25.1. The van der Waals surface area contributed by atoms with Gasteiger partial charge in [0.15, 0.2) is 0 Å². The summed E-state index contributed by atoms with van der Waals surface area (Å²) in [5, 5.41) is 7.35. The molecular formula is C112H80N4. The zero-order valence-corrected chi connectivity index (χ0v) is 65.0. The Morgan fingerprint density at radius 2 is 0.491 bits per heavy atom.